The minimum atomic E-state index is -0.528. The van der Waals surface area contributed by atoms with Crippen molar-refractivity contribution >= 4 is 28.4 Å². The third-order valence-corrected chi connectivity index (χ3v) is 5.87. The van der Waals surface area contributed by atoms with Crippen molar-refractivity contribution in [2.24, 2.45) is 0 Å². The number of amides is 1. The number of hydrogen-bond donors (Lipinski definition) is 2. The first kappa shape index (κ1) is 19.3. The molecule has 2 aliphatic rings. The van der Waals surface area contributed by atoms with Gasteiger partial charge >= 0.3 is 0 Å². The third kappa shape index (κ3) is 2.98. The highest BCUT2D eigenvalue weighted by molar-refractivity contribution is 6.20. The van der Waals surface area contributed by atoms with Gasteiger partial charge in [-0.15, -0.1) is 0 Å². The fourth-order valence-electron chi connectivity index (χ4n) is 4.41. The van der Waals surface area contributed by atoms with Gasteiger partial charge in [0.25, 0.3) is 5.91 Å². The van der Waals surface area contributed by atoms with Gasteiger partial charge in [0, 0.05) is 11.6 Å². The molecule has 31 heavy (non-hydrogen) atoms. The lowest BCUT2D eigenvalue weighted by Gasteiger charge is -2.34. The summed E-state index contributed by atoms with van der Waals surface area (Å²) in [6.45, 7) is 3.35. The van der Waals surface area contributed by atoms with Crippen LogP contribution in [0.5, 0.6) is 5.75 Å². The molecule has 3 atom stereocenters. The van der Waals surface area contributed by atoms with Crippen LogP contribution in [0, 0.1) is 0 Å². The number of rotatable bonds is 4. The van der Waals surface area contributed by atoms with E-state index in [-0.39, 0.29) is 23.5 Å². The van der Waals surface area contributed by atoms with Gasteiger partial charge in [-0.1, -0.05) is 36.4 Å². The molecule has 5 rings (SSSR count). The van der Waals surface area contributed by atoms with Crippen LogP contribution >= 0.6 is 0 Å². The number of carbonyl (C=O) groups is 2. The number of fused-ring (bicyclic) bond motifs is 2. The van der Waals surface area contributed by atoms with E-state index in [0.29, 0.717) is 28.1 Å². The lowest BCUT2D eigenvalue weighted by Crippen LogP contribution is -2.54. The Hall–Kier alpha value is -3.65. The molecule has 3 unspecified atom stereocenters. The number of allylic oxidation sites excluding steroid dienone is 1. The average molecular weight is 418 g/mol. The van der Waals surface area contributed by atoms with Crippen molar-refractivity contribution in [3.8, 4) is 5.75 Å². The van der Waals surface area contributed by atoms with E-state index < -0.39 is 12.2 Å². The summed E-state index contributed by atoms with van der Waals surface area (Å²) >= 11 is 0. The molecular weight excluding hydrogens is 396 g/mol. The van der Waals surface area contributed by atoms with Crippen LogP contribution in [0.15, 0.2) is 58.6 Å². The molecule has 8 heteroatoms. The number of ketones is 1. The van der Waals surface area contributed by atoms with Crippen molar-refractivity contribution in [2.75, 3.05) is 7.11 Å². The molecule has 1 saturated heterocycles. The maximum absolute atomic E-state index is 13.5. The molecule has 2 N–H and O–H groups in total. The molecule has 3 aromatic rings. The van der Waals surface area contributed by atoms with E-state index in [4.69, 9.17) is 9.15 Å². The zero-order chi connectivity index (χ0) is 21.7. The largest absolute Gasteiger partial charge is 0.494 e. The Morgan fingerprint density at radius 1 is 1.16 bits per heavy atom. The summed E-state index contributed by atoms with van der Waals surface area (Å²) in [4.78, 5) is 30.5. The molecule has 2 aliphatic heterocycles. The van der Waals surface area contributed by atoms with Crippen molar-refractivity contribution in [1.29, 1.82) is 0 Å². The van der Waals surface area contributed by atoms with Gasteiger partial charge in [0.1, 0.15) is 23.3 Å². The Bertz CT molecular complexity index is 1220. The first-order chi connectivity index (χ1) is 15.0. The number of benzene rings is 2. The number of hydrogen-bond acceptors (Lipinski definition) is 7. The molecule has 0 saturated carbocycles. The summed E-state index contributed by atoms with van der Waals surface area (Å²) in [5.74, 6) is 0.209. The normalized spacial score (nSPS) is 23.1. The van der Waals surface area contributed by atoms with Crippen molar-refractivity contribution in [2.45, 2.75) is 32.0 Å². The first-order valence-electron chi connectivity index (χ1n) is 10.1. The third-order valence-electron chi connectivity index (χ3n) is 5.87. The van der Waals surface area contributed by atoms with Crippen LogP contribution in [0.25, 0.3) is 16.7 Å². The number of aromatic nitrogens is 1. The molecule has 8 nitrogen and oxygen atoms in total. The minimum absolute atomic E-state index is 0.0383. The van der Waals surface area contributed by atoms with E-state index in [9.17, 15) is 9.59 Å². The summed E-state index contributed by atoms with van der Waals surface area (Å²) in [5, 5.41) is 4.89. The number of carbonyl (C=O) groups excluding carboxylic acids is 2. The molecule has 3 heterocycles. The second-order valence-corrected chi connectivity index (χ2v) is 7.74. The Kier molecular flexibility index (Phi) is 4.51. The van der Waals surface area contributed by atoms with Gasteiger partial charge in [-0.25, -0.2) is 15.4 Å². The summed E-state index contributed by atoms with van der Waals surface area (Å²) in [5.41, 5.74) is 6.13. The fraction of sp³-hybridized carbons (Fsp3) is 0.261. The zero-order valence-corrected chi connectivity index (χ0v) is 17.4. The summed E-state index contributed by atoms with van der Waals surface area (Å²) < 4.78 is 11.2. The predicted octanol–water partition coefficient (Wildman–Crippen LogP) is 2.58. The van der Waals surface area contributed by atoms with E-state index in [2.05, 4.69) is 15.7 Å². The Labute approximate surface area is 178 Å². The standard InChI is InChI=1S/C23H22N4O4/c1-12-17(22-25-20-15(30-3)10-7-11-16(20)31-22)23(29)27-21(24-12)18(19(26-27)13(2)28)14-8-5-4-6-9-14/h4-11,18-19,21,24,26H,1-3H3. The van der Waals surface area contributed by atoms with Crippen molar-refractivity contribution < 1.29 is 18.7 Å². The minimum Gasteiger partial charge on any atom is -0.494 e. The Balaban J connectivity index is 1.58. The van der Waals surface area contributed by atoms with Gasteiger partial charge in [-0.05, 0) is 31.5 Å². The number of Topliss-reactive ketones (excluding diaryl/α,β-unsaturated/α-hetero) is 1. The Morgan fingerprint density at radius 3 is 2.65 bits per heavy atom. The highest BCUT2D eigenvalue weighted by Gasteiger charge is 2.50. The van der Waals surface area contributed by atoms with Crippen molar-refractivity contribution in [1.82, 2.24) is 20.7 Å². The second-order valence-electron chi connectivity index (χ2n) is 7.74. The Morgan fingerprint density at radius 2 is 1.94 bits per heavy atom. The van der Waals surface area contributed by atoms with Crippen LogP contribution in [0.3, 0.4) is 0 Å². The van der Waals surface area contributed by atoms with Gasteiger partial charge in [0.15, 0.2) is 11.1 Å². The second kappa shape index (κ2) is 7.24. The number of oxazole rings is 1. The van der Waals surface area contributed by atoms with Crippen LogP contribution in [0.4, 0.5) is 0 Å². The molecule has 0 radical (unpaired) electrons. The van der Waals surface area contributed by atoms with Gasteiger partial charge in [-0.3, -0.25) is 9.59 Å². The summed E-state index contributed by atoms with van der Waals surface area (Å²) in [7, 11) is 1.56. The van der Waals surface area contributed by atoms with Crippen LogP contribution in [0.1, 0.15) is 31.2 Å². The van der Waals surface area contributed by atoms with Crippen LogP contribution in [-0.2, 0) is 9.59 Å². The number of ether oxygens (including phenoxy) is 1. The lowest BCUT2D eigenvalue weighted by atomic mass is 9.87. The van der Waals surface area contributed by atoms with Crippen molar-refractivity contribution in [3.05, 3.63) is 65.7 Å². The van der Waals surface area contributed by atoms with E-state index in [1.165, 1.54) is 11.9 Å². The lowest BCUT2D eigenvalue weighted by molar-refractivity contribution is -0.130. The monoisotopic (exact) mass is 418 g/mol. The van der Waals surface area contributed by atoms with Gasteiger partial charge in [0.05, 0.1) is 13.2 Å². The van der Waals surface area contributed by atoms with E-state index >= 15 is 0 Å². The SMILES string of the molecule is COc1cccc2oc(C3=C(C)NC4C(c5ccccc5)C(C(C)=O)NN4C3=O)nc12. The van der Waals surface area contributed by atoms with E-state index in [1.807, 2.05) is 37.3 Å². The first-order valence-corrected chi connectivity index (χ1v) is 10.1. The smallest absolute Gasteiger partial charge is 0.277 e. The maximum Gasteiger partial charge on any atom is 0.277 e. The molecule has 2 aromatic carbocycles. The number of methoxy groups -OCH3 is 1. The molecule has 0 bridgehead atoms. The molecule has 0 aliphatic carbocycles. The summed E-state index contributed by atoms with van der Waals surface area (Å²) in [6, 6.07) is 14.6. The number of nitrogens with one attached hydrogen (secondary N) is 2. The number of nitrogens with zero attached hydrogens (tertiary/aromatic N) is 2. The van der Waals surface area contributed by atoms with E-state index in [1.54, 1.807) is 25.3 Å². The predicted molar refractivity (Wildman–Crippen MR) is 114 cm³/mol. The summed E-state index contributed by atoms with van der Waals surface area (Å²) in [6.07, 6.45) is -0.411. The number of para-hydroxylation sites is 1. The molecule has 0 spiro atoms. The highest BCUT2D eigenvalue weighted by Crippen LogP contribution is 2.38. The molecular formula is C23H22N4O4. The van der Waals surface area contributed by atoms with Crippen LogP contribution in [0.2, 0.25) is 0 Å². The molecule has 1 aromatic heterocycles. The highest BCUT2D eigenvalue weighted by atomic mass is 16.5. The maximum atomic E-state index is 13.5. The van der Waals surface area contributed by atoms with E-state index in [0.717, 1.165) is 5.56 Å². The molecule has 1 amide bonds. The number of hydrazine groups is 1. The molecule has 158 valence electrons. The van der Waals surface area contributed by atoms with Crippen LogP contribution in [-0.4, -0.2) is 41.0 Å². The fourth-order valence-corrected chi connectivity index (χ4v) is 4.41. The van der Waals surface area contributed by atoms with Gasteiger partial charge < -0.3 is 14.5 Å². The molecule has 1 fully saturated rings. The van der Waals surface area contributed by atoms with Crippen molar-refractivity contribution in [3.63, 3.8) is 0 Å². The quantitative estimate of drug-likeness (QED) is 0.672. The zero-order valence-electron chi connectivity index (χ0n) is 17.4. The van der Waals surface area contributed by atoms with Gasteiger partial charge in [0.2, 0.25) is 5.89 Å². The van der Waals surface area contributed by atoms with Crippen LogP contribution < -0.4 is 15.5 Å². The average Bonchev–Trinajstić information content (AvgIpc) is 3.36. The topological polar surface area (TPSA) is 96.7 Å². The van der Waals surface area contributed by atoms with Gasteiger partial charge in [-0.2, -0.15) is 0 Å².